The maximum absolute atomic E-state index is 5.78. The van der Waals surface area contributed by atoms with Crippen molar-refractivity contribution in [2.45, 2.75) is 19.6 Å². The van der Waals surface area contributed by atoms with E-state index in [0.717, 1.165) is 22.1 Å². The van der Waals surface area contributed by atoms with Crippen molar-refractivity contribution in [2.75, 3.05) is 7.11 Å². The summed E-state index contributed by atoms with van der Waals surface area (Å²) in [7, 11) is 1.67. The van der Waals surface area contributed by atoms with Gasteiger partial charge in [-0.3, -0.25) is 0 Å². The SMILES string of the molecule is CO[C@H](C)c1nc(COc2cccc(-n3cnnn3)c2)cs1. The van der Waals surface area contributed by atoms with Crippen molar-refractivity contribution in [3.8, 4) is 11.4 Å². The first-order chi connectivity index (χ1) is 10.8. The third-order valence-electron chi connectivity index (χ3n) is 3.09. The lowest BCUT2D eigenvalue weighted by Crippen LogP contribution is -2.00. The summed E-state index contributed by atoms with van der Waals surface area (Å²) in [6.45, 7) is 2.38. The van der Waals surface area contributed by atoms with Gasteiger partial charge < -0.3 is 9.47 Å². The lowest BCUT2D eigenvalue weighted by Gasteiger charge is -2.06. The molecular formula is C14H15N5O2S. The third-order valence-corrected chi connectivity index (χ3v) is 4.14. The summed E-state index contributed by atoms with van der Waals surface area (Å²) in [6.07, 6.45) is 1.54. The fraction of sp³-hybridized carbons (Fsp3) is 0.286. The van der Waals surface area contributed by atoms with E-state index in [1.807, 2.05) is 36.6 Å². The Morgan fingerprint density at radius 2 is 2.27 bits per heavy atom. The van der Waals surface area contributed by atoms with Crippen LogP contribution in [0.2, 0.25) is 0 Å². The third kappa shape index (κ3) is 3.29. The Labute approximate surface area is 131 Å². The van der Waals surface area contributed by atoms with Gasteiger partial charge in [-0.2, -0.15) is 0 Å². The maximum Gasteiger partial charge on any atom is 0.143 e. The van der Waals surface area contributed by atoms with Crippen LogP contribution in [0.3, 0.4) is 0 Å². The average molecular weight is 317 g/mol. The van der Waals surface area contributed by atoms with Crippen LogP contribution < -0.4 is 4.74 Å². The van der Waals surface area contributed by atoms with E-state index in [-0.39, 0.29) is 6.10 Å². The zero-order valence-electron chi connectivity index (χ0n) is 12.2. The number of ether oxygens (including phenoxy) is 2. The number of tetrazole rings is 1. The normalized spacial score (nSPS) is 12.3. The molecule has 1 atom stereocenters. The monoisotopic (exact) mass is 317 g/mol. The van der Waals surface area contributed by atoms with E-state index < -0.39 is 0 Å². The van der Waals surface area contributed by atoms with Crippen LogP contribution in [0.15, 0.2) is 36.0 Å². The summed E-state index contributed by atoms with van der Waals surface area (Å²) in [5.41, 5.74) is 1.73. The Balaban J connectivity index is 1.66. The van der Waals surface area contributed by atoms with Crippen LogP contribution in [-0.4, -0.2) is 32.3 Å². The number of hydrogen-bond donors (Lipinski definition) is 0. The van der Waals surface area contributed by atoms with E-state index in [4.69, 9.17) is 9.47 Å². The summed E-state index contributed by atoms with van der Waals surface area (Å²) in [5, 5.41) is 14.0. The van der Waals surface area contributed by atoms with Gasteiger partial charge in [-0.15, -0.1) is 16.4 Å². The van der Waals surface area contributed by atoms with Crippen molar-refractivity contribution in [1.82, 2.24) is 25.2 Å². The summed E-state index contributed by atoms with van der Waals surface area (Å²) < 4.78 is 12.6. The highest BCUT2D eigenvalue weighted by Gasteiger charge is 2.10. The first-order valence-electron chi connectivity index (χ1n) is 6.69. The van der Waals surface area contributed by atoms with Gasteiger partial charge in [-0.25, -0.2) is 9.67 Å². The molecule has 8 heteroatoms. The van der Waals surface area contributed by atoms with Crippen LogP contribution in [-0.2, 0) is 11.3 Å². The molecule has 22 heavy (non-hydrogen) atoms. The standard InChI is InChI=1S/C14H15N5O2S/c1-10(20-2)14-16-11(8-22-14)7-21-13-5-3-4-12(6-13)19-9-15-17-18-19/h3-6,8-10H,7H2,1-2H3/t10-/m1/s1. The molecule has 0 saturated heterocycles. The van der Waals surface area contributed by atoms with Gasteiger partial charge in [0, 0.05) is 18.6 Å². The summed E-state index contributed by atoms with van der Waals surface area (Å²) >= 11 is 1.57. The van der Waals surface area contributed by atoms with Crippen LogP contribution in [0, 0.1) is 0 Å². The van der Waals surface area contributed by atoms with Gasteiger partial charge >= 0.3 is 0 Å². The molecule has 0 radical (unpaired) electrons. The molecule has 7 nitrogen and oxygen atoms in total. The van der Waals surface area contributed by atoms with Crippen molar-refractivity contribution < 1.29 is 9.47 Å². The van der Waals surface area contributed by atoms with E-state index in [1.54, 1.807) is 23.1 Å². The number of thiazole rings is 1. The molecule has 0 unspecified atom stereocenters. The highest BCUT2D eigenvalue weighted by Crippen LogP contribution is 2.22. The topological polar surface area (TPSA) is 75.0 Å². The zero-order chi connectivity index (χ0) is 15.4. The second-order valence-electron chi connectivity index (χ2n) is 4.60. The second kappa shape index (κ2) is 6.63. The van der Waals surface area contributed by atoms with Gasteiger partial charge in [0.15, 0.2) is 0 Å². The zero-order valence-corrected chi connectivity index (χ0v) is 13.0. The first-order valence-corrected chi connectivity index (χ1v) is 7.57. The average Bonchev–Trinajstić information content (AvgIpc) is 3.24. The van der Waals surface area contributed by atoms with Crippen LogP contribution in [0.1, 0.15) is 23.7 Å². The van der Waals surface area contributed by atoms with Crippen molar-refractivity contribution in [3.63, 3.8) is 0 Å². The van der Waals surface area contributed by atoms with Gasteiger partial charge in [0.25, 0.3) is 0 Å². The molecule has 0 bridgehead atoms. The van der Waals surface area contributed by atoms with Crippen LogP contribution >= 0.6 is 11.3 Å². The van der Waals surface area contributed by atoms with Crippen LogP contribution in [0.4, 0.5) is 0 Å². The Morgan fingerprint density at radius 3 is 3.05 bits per heavy atom. The Bertz CT molecular complexity index is 728. The van der Waals surface area contributed by atoms with Gasteiger partial charge in [-0.1, -0.05) is 6.07 Å². The molecule has 0 N–H and O–H groups in total. The predicted octanol–water partition coefficient (Wildman–Crippen LogP) is 2.41. The molecule has 1 aromatic carbocycles. The number of hydrogen-bond acceptors (Lipinski definition) is 7. The van der Waals surface area contributed by atoms with Gasteiger partial charge in [0.2, 0.25) is 0 Å². The predicted molar refractivity (Wildman–Crippen MR) is 81.0 cm³/mol. The van der Waals surface area contributed by atoms with Crippen molar-refractivity contribution in [2.24, 2.45) is 0 Å². The molecule has 2 aromatic heterocycles. The number of benzene rings is 1. The van der Waals surface area contributed by atoms with Gasteiger partial charge in [0.05, 0.1) is 11.4 Å². The Hall–Kier alpha value is -2.32. The van der Waals surface area contributed by atoms with Crippen LogP contribution in [0.5, 0.6) is 5.75 Å². The lowest BCUT2D eigenvalue weighted by molar-refractivity contribution is 0.119. The highest BCUT2D eigenvalue weighted by molar-refractivity contribution is 7.09. The first kappa shape index (κ1) is 14.6. The molecule has 0 aliphatic rings. The molecule has 0 spiro atoms. The quantitative estimate of drug-likeness (QED) is 0.695. The van der Waals surface area contributed by atoms with Gasteiger partial charge in [-0.05, 0) is 29.5 Å². The van der Waals surface area contributed by atoms with E-state index in [2.05, 4.69) is 20.5 Å². The van der Waals surface area contributed by atoms with Gasteiger partial charge in [0.1, 0.15) is 29.8 Å². The fourth-order valence-corrected chi connectivity index (χ4v) is 2.66. The molecule has 0 amide bonds. The molecular weight excluding hydrogens is 302 g/mol. The molecule has 3 aromatic rings. The minimum Gasteiger partial charge on any atom is -0.487 e. The molecule has 3 rings (SSSR count). The summed E-state index contributed by atoms with van der Waals surface area (Å²) in [4.78, 5) is 4.50. The van der Waals surface area contributed by atoms with Crippen molar-refractivity contribution in [1.29, 1.82) is 0 Å². The van der Waals surface area contributed by atoms with Crippen molar-refractivity contribution in [3.05, 3.63) is 46.7 Å². The van der Waals surface area contributed by atoms with E-state index in [9.17, 15) is 0 Å². The second-order valence-corrected chi connectivity index (χ2v) is 5.49. The van der Waals surface area contributed by atoms with Crippen molar-refractivity contribution >= 4 is 11.3 Å². The van der Waals surface area contributed by atoms with E-state index >= 15 is 0 Å². The molecule has 0 fully saturated rings. The minimum absolute atomic E-state index is 0.00175. The highest BCUT2D eigenvalue weighted by atomic mass is 32.1. The minimum atomic E-state index is 0.00175. The Kier molecular flexibility index (Phi) is 4.40. The largest absolute Gasteiger partial charge is 0.487 e. The van der Waals surface area contributed by atoms with Crippen LogP contribution in [0.25, 0.3) is 5.69 Å². The molecule has 0 aliphatic carbocycles. The fourth-order valence-electron chi connectivity index (χ4n) is 1.83. The molecule has 0 saturated carbocycles. The smallest absolute Gasteiger partial charge is 0.143 e. The van der Waals surface area contributed by atoms with E-state index in [0.29, 0.717) is 6.61 Å². The number of methoxy groups -OCH3 is 1. The summed E-state index contributed by atoms with van der Waals surface area (Å²) in [5.74, 6) is 0.738. The lowest BCUT2D eigenvalue weighted by atomic mass is 10.3. The number of nitrogens with zero attached hydrogens (tertiary/aromatic N) is 5. The molecule has 2 heterocycles. The van der Waals surface area contributed by atoms with E-state index in [1.165, 1.54) is 6.33 Å². The Morgan fingerprint density at radius 1 is 1.36 bits per heavy atom. The maximum atomic E-state index is 5.78. The summed E-state index contributed by atoms with van der Waals surface area (Å²) in [6, 6.07) is 7.57. The number of aromatic nitrogens is 5. The number of rotatable bonds is 6. The molecule has 0 aliphatic heterocycles. The molecule has 114 valence electrons.